The summed E-state index contributed by atoms with van der Waals surface area (Å²) < 4.78 is 7.66. The summed E-state index contributed by atoms with van der Waals surface area (Å²) in [5, 5.41) is 9.57. The van der Waals surface area contributed by atoms with E-state index in [4.69, 9.17) is 14.6 Å². The van der Waals surface area contributed by atoms with Crippen molar-refractivity contribution < 1.29 is 9.57 Å². The lowest BCUT2D eigenvalue weighted by molar-refractivity contribution is -0.0379. The summed E-state index contributed by atoms with van der Waals surface area (Å²) in [5.74, 6) is 0.575. The molecule has 0 atom stereocenters. The van der Waals surface area contributed by atoms with Gasteiger partial charge in [0.15, 0.2) is 18.1 Å². The molecule has 1 aromatic carbocycles. The molecule has 3 aromatic heterocycles. The first-order valence-electron chi connectivity index (χ1n) is 9.08. The Balaban J connectivity index is 1.43. The molecular formula is C20H19N5O2S. The number of hydrogen-bond donors (Lipinski definition) is 0. The van der Waals surface area contributed by atoms with Crippen molar-refractivity contribution >= 4 is 33.4 Å². The first-order chi connectivity index (χ1) is 13.6. The third-order valence-corrected chi connectivity index (χ3v) is 5.83. The van der Waals surface area contributed by atoms with Crippen LogP contribution < -0.4 is 0 Å². The molecule has 0 radical (unpaired) electrons. The molecule has 0 aliphatic carbocycles. The van der Waals surface area contributed by atoms with E-state index in [-0.39, 0.29) is 12.2 Å². The average molecular weight is 393 g/mol. The largest absolute Gasteiger partial charge is 0.387 e. The van der Waals surface area contributed by atoms with Crippen molar-refractivity contribution in [1.29, 1.82) is 0 Å². The van der Waals surface area contributed by atoms with Crippen LogP contribution >= 0.6 is 11.3 Å². The van der Waals surface area contributed by atoms with Crippen molar-refractivity contribution in [2.24, 2.45) is 5.16 Å². The van der Waals surface area contributed by atoms with E-state index in [0.29, 0.717) is 12.4 Å². The van der Waals surface area contributed by atoms with Gasteiger partial charge in [-0.25, -0.2) is 14.5 Å². The summed E-state index contributed by atoms with van der Waals surface area (Å²) in [6.45, 7) is 5.04. The van der Waals surface area contributed by atoms with Crippen LogP contribution in [0.3, 0.4) is 0 Å². The zero-order valence-electron chi connectivity index (χ0n) is 15.6. The van der Waals surface area contributed by atoms with E-state index in [1.165, 1.54) is 10.4 Å². The van der Waals surface area contributed by atoms with Crippen molar-refractivity contribution in [2.75, 3.05) is 0 Å². The van der Waals surface area contributed by atoms with Crippen LogP contribution in [-0.2, 0) is 29.2 Å². The van der Waals surface area contributed by atoms with Gasteiger partial charge < -0.3 is 9.57 Å². The van der Waals surface area contributed by atoms with E-state index in [0.717, 1.165) is 27.8 Å². The molecule has 7 nitrogen and oxygen atoms in total. The van der Waals surface area contributed by atoms with Crippen LogP contribution in [0.1, 0.15) is 35.7 Å². The molecule has 1 aliphatic heterocycles. The highest BCUT2D eigenvalue weighted by atomic mass is 32.1. The Morgan fingerprint density at radius 2 is 2.18 bits per heavy atom. The van der Waals surface area contributed by atoms with Gasteiger partial charge in [0.25, 0.3) is 0 Å². The molecule has 8 heteroatoms. The Kier molecular flexibility index (Phi) is 4.10. The van der Waals surface area contributed by atoms with Crippen LogP contribution in [0.5, 0.6) is 0 Å². The topological polar surface area (TPSA) is 73.9 Å². The van der Waals surface area contributed by atoms with E-state index < -0.39 is 0 Å². The van der Waals surface area contributed by atoms with Gasteiger partial charge in [-0.15, -0.1) is 16.4 Å². The van der Waals surface area contributed by atoms with Crippen LogP contribution in [0.15, 0.2) is 41.8 Å². The number of oxime groups is 1. The lowest BCUT2D eigenvalue weighted by atomic mass is 9.94. The number of aromatic nitrogens is 4. The van der Waals surface area contributed by atoms with Gasteiger partial charge >= 0.3 is 0 Å². The maximum absolute atomic E-state index is 5.94. The summed E-state index contributed by atoms with van der Waals surface area (Å²) in [6, 6.07) is 9.80. The van der Waals surface area contributed by atoms with Crippen LogP contribution in [0, 0.1) is 0 Å². The third-order valence-electron chi connectivity index (χ3n) is 4.72. The SMILES string of the molecule is CC1(C)Cc2c(sc3ncn4nc(CO/N=C\c5ccccc5)nc4c23)CO1. The number of fused-ring (bicyclic) bond motifs is 5. The number of rotatable bonds is 4. The van der Waals surface area contributed by atoms with Crippen LogP contribution in [0.4, 0.5) is 0 Å². The number of hydrogen-bond acceptors (Lipinski definition) is 7. The highest BCUT2D eigenvalue weighted by Gasteiger charge is 2.30. The highest BCUT2D eigenvalue weighted by Crippen LogP contribution is 2.39. The van der Waals surface area contributed by atoms with Gasteiger partial charge in [0.2, 0.25) is 0 Å². The molecule has 0 unspecified atom stereocenters. The number of ether oxygens (including phenoxy) is 1. The zero-order valence-corrected chi connectivity index (χ0v) is 16.4. The summed E-state index contributed by atoms with van der Waals surface area (Å²) in [5.41, 5.74) is 2.87. The molecule has 0 amide bonds. The predicted octanol–water partition coefficient (Wildman–Crippen LogP) is 3.74. The third kappa shape index (κ3) is 3.14. The maximum Gasteiger partial charge on any atom is 0.192 e. The molecule has 0 fully saturated rings. The maximum atomic E-state index is 5.94. The molecule has 0 saturated heterocycles. The summed E-state index contributed by atoms with van der Waals surface area (Å²) in [4.78, 5) is 16.8. The van der Waals surface area contributed by atoms with Crippen molar-refractivity contribution in [3.05, 3.63) is 58.5 Å². The van der Waals surface area contributed by atoms with Gasteiger partial charge in [-0.05, 0) is 25.0 Å². The fraction of sp³-hybridized carbons (Fsp3) is 0.300. The Morgan fingerprint density at radius 1 is 1.32 bits per heavy atom. The monoisotopic (exact) mass is 393 g/mol. The predicted molar refractivity (Wildman–Crippen MR) is 108 cm³/mol. The van der Waals surface area contributed by atoms with Crippen LogP contribution in [-0.4, -0.2) is 31.4 Å². The first kappa shape index (κ1) is 17.3. The molecule has 0 spiro atoms. The second kappa shape index (κ2) is 6.65. The quantitative estimate of drug-likeness (QED) is 0.390. The number of nitrogens with zero attached hydrogens (tertiary/aromatic N) is 5. The molecule has 5 rings (SSSR count). The van der Waals surface area contributed by atoms with Gasteiger partial charge in [0.05, 0.1) is 23.8 Å². The molecule has 0 N–H and O–H groups in total. The van der Waals surface area contributed by atoms with E-state index in [1.54, 1.807) is 28.4 Å². The second-order valence-corrected chi connectivity index (χ2v) is 8.45. The minimum Gasteiger partial charge on any atom is -0.387 e. The molecule has 142 valence electrons. The first-order valence-corrected chi connectivity index (χ1v) is 9.89. The van der Waals surface area contributed by atoms with Gasteiger partial charge in [0, 0.05) is 11.3 Å². The minimum atomic E-state index is -0.189. The normalized spacial score (nSPS) is 16.1. The van der Waals surface area contributed by atoms with Crippen molar-refractivity contribution in [2.45, 2.75) is 39.1 Å². The fourth-order valence-electron chi connectivity index (χ4n) is 3.38. The summed E-state index contributed by atoms with van der Waals surface area (Å²) in [6.07, 6.45) is 4.21. The molecule has 28 heavy (non-hydrogen) atoms. The van der Waals surface area contributed by atoms with Gasteiger partial charge in [-0.2, -0.15) is 0 Å². The van der Waals surface area contributed by atoms with Crippen molar-refractivity contribution in [1.82, 2.24) is 19.6 Å². The minimum absolute atomic E-state index is 0.189. The summed E-state index contributed by atoms with van der Waals surface area (Å²) >= 11 is 1.67. The van der Waals surface area contributed by atoms with E-state index >= 15 is 0 Å². The lowest BCUT2D eigenvalue weighted by Gasteiger charge is -2.30. The van der Waals surface area contributed by atoms with E-state index in [9.17, 15) is 0 Å². The molecular weight excluding hydrogens is 374 g/mol. The molecule has 0 bridgehead atoms. The average Bonchev–Trinajstić information content (AvgIpc) is 3.25. The number of benzene rings is 1. The number of thiophene rings is 1. The fourth-order valence-corrected chi connectivity index (χ4v) is 4.44. The molecule has 0 saturated carbocycles. The van der Waals surface area contributed by atoms with Crippen LogP contribution in [0.2, 0.25) is 0 Å². The Labute approximate surface area is 165 Å². The smallest absolute Gasteiger partial charge is 0.192 e. The van der Waals surface area contributed by atoms with Gasteiger partial charge in [0.1, 0.15) is 11.2 Å². The Hall–Kier alpha value is -2.84. The van der Waals surface area contributed by atoms with Gasteiger partial charge in [-0.1, -0.05) is 35.5 Å². The summed E-state index contributed by atoms with van der Waals surface area (Å²) in [7, 11) is 0. The van der Waals surface area contributed by atoms with Crippen molar-refractivity contribution in [3.8, 4) is 0 Å². The zero-order chi connectivity index (χ0) is 19.1. The Morgan fingerprint density at radius 3 is 3.04 bits per heavy atom. The standard InChI is InChI=1S/C20H19N5O2S/c1-20(2)8-14-15(10-26-20)28-19-17(14)18-23-16(24-25(18)12-21-19)11-27-22-9-13-6-4-3-5-7-13/h3-7,9,12H,8,10-11H2,1-2H3/b22-9-. The molecule has 4 aromatic rings. The van der Waals surface area contributed by atoms with E-state index in [1.807, 2.05) is 30.3 Å². The lowest BCUT2D eigenvalue weighted by Crippen LogP contribution is -2.31. The van der Waals surface area contributed by atoms with Gasteiger partial charge in [-0.3, -0.25) is 0 Å². The highest BCUT2D eigenvalue weighted by molar-refractivity contribution is 7.19. The molecule has 4 heterocycles. The molecule has 1 aliphatic rings. The van der Waals surface area contributed by atoms with E-state index in [2.05, 4.69) is 29.1 Å². The second-order valence-electron chi connectivity index (χ2n) is 7.37. The van der Waals surface area contributed by atoms with Crippen LogP contribution in [0.25, 0.3) is 15.9 Å². The van der Waals surface area contributed by atoms with Crippen molar-refractivity contribution in [3.63, 3.8) is 0 Å². The Bertz CT molecular complexity index is 1180.